The Balaban J connectivity index is 1.67. The van der Waals surface area contributed by atoms with Crippen LogP contribution < -0.4 is 10.6 Å². The smallest absolute Gasteiger partial charge is 0.264 e. The zero-order chi connectivity index (χ0) is 14.8. The molecular formula is C15H18N4OS. The van der Waals surface area contributed by atoms with Crippen molar-refractivity contribution in [2.24, 2.45) is 0 Å². The summed E-state index contributed by atoms with van der Waals surface area (Å²) in [5, 5.41) is 1.97. The normalized spacial score (nSPS) is 15.3. The van der Waals surface area contributed by atoms with Gasteiger partial charge in [0, 0.05) is 32.4 Å². The van der Waals surface area contributed by atoms with Gasteiger partial charge in [-0.1, -0.05) is 0 Å². The standard InChI is InChI=1S/C15H18N4OS/c1-11-4-10-21-13(11)15(20)19-8-6-18(7-9-19)14-12(16)3-2-5-17-14/h2-5,10H,6-9,16H2,1H3. The number of anilines is 2. The Morgan fingerprint density at radius 3 is 2.67 bits per heavy atom. The molecule has 0 radical (unpaired) electrons. The van der Waals surface area contributed by atoms with Crippen LogP contribution in [-0.2, 0) is 0 Å². The number of carbonyl (C=O) groups is 1. The van der Waals surface area contributed by atoms with Crippen LogP contribution in [0.3, 0.4) is 0 Å². The fourth-order valence-electron chi connectivity index (χ4n) is 2.53. The van der Waals surface area contributed by atoms with E-state index in [1.807, 2.05) is 35.4 Å². The Morgan fingerprint density at radius 1 is 1.29 bits per heavy atom. The first-order valence-electron chi connectivity index (χ1n) is 6.95. The molecule has 1 fully saturated rings. The summed E-state index contributed by atoms with van der Waals surface area (Å²) in [6, 6.07) is 5.68. The van der Waals surface area contributed by atoms with E-state index in [2.05, 4.69) is 9.88 Å². The number of aryl methyl sites for hydroxylation is 1. The van der Waals surface area contributed by atoms with Gasteiger partial charge in [-0.25, -0.2) is 4.98 Å². The number of nitrogen functional groups attached to an aromatic ring is 1. The summed E-state index contributed by atoms with van der Waals surface area (Å²) in [6.07, 6.45) is 1.75. The van der Waals surface area contributed by atoms with Crippen molar-refractivity contribution in [3.05, 3.63) is 40.2 Å². The van der Waals surface area contributed by atoms with Gasteiger partial charge < -0.3 is 15.5 Å². The number of nitrogens with two attached hydrogens (primary N) is 1. The van der Waals surface area contributed by atoms with Crippen molar-refractivity contribution in [3.8, 4) is 0 Å². The van der Waals surface area contributed by atoms with Crippen molar-refractivity contribution in [1.29, 1.82) is 0 Å². The molecule has 3 rings (SSSR count). The molecule has 1 amide bonds. The number of nitrogens with zero attached hydrogens (tertiary/aromatic N) is 3. The van der Waals surface area contributed by atoms with Crippen molar-refractivity contribution in [3.63, 3.8) is 0 Å². The minimum atomic E-state index is 0.135. The van der Waals surface area contributed by atoms with Crippen LogP contribution in [0.25, 0.3) is 0 Å². The zero-order valence-electron chi connectivity index (χ0n) is 12.0. The third kappa shape index (κ3) is 2.71. The van der Waals surface area contributed by atoms with E-state index < -0.39 is 0 Å². The molecule has 0 atom stereocenters. The molecule has 0 saturated carbocycles. The van der Waals surface area contributed by atoms with Gasteiger partial charge in [0.2, 0.25) is 0 Å². The number of amides is 1. The number of hydrogen-bond acceptors (Lipinski definition) is 5. The Morgan fingerprint density at radius 2 is 2.05 bits per heavy atom. The van der Waals surface area contributed by atoms with Crippen LogP contribution in [0, 0.1) is 6.92 Å². The molecule has 2 aromatic rings. The Hall–Kier alpha value is -2.08. The highest BCUT2D eigenvalue weighted by Crippen LogP contribution is 2.22. The second-order valence-electron chi connectivity index (χ2n) is 5.13. The monoisotopic (exact) mass is 302 g/mol. The Bertz CT molecular complexity index is 647. The summed E-state index contributed by atoms with van der Waals surface area (Å²) in [7, 11) is 0. The van der Waals surface area contributed by atoms with Crippen LogP contribution in [-0.4, -0.2) is 42.0 Å². The van der Waals surface area contributed by atoms with Crippen molar-refractivity contribution >= 4 is 28.7 Å². The molecule has 0 spiro atoms. The van der Waals surface area contributed by atoms with E-state index in [1.165, 1.54) is 11.3 Å². The second-order valence-corrected chi connectivity index (χ2v) is 6.04. The van der Waals surface area contributed by atoms with E-state index in [9.17, 15) is 4.79 Å². The SMILES string of the molecule is Cc1ccsc1C(=O)N1CCN(c2ncccc2N)CC1. The number of thiophene rings is 1. The minimum absolute atomic E-state index is 0.135. The fraction of sp³-hybridized carbons (Fsp3) is 0.333. The zero-order valence-corrected chi connectivity index (χ0v) is 12.8. The van der Waals surface area contributed by atoms with E-state index in [1.54, 1.807) is 6.20 Å². The first-order valence-corrected chi connectivity index (χ1v) is 7.83. The van der Waals surface area contributed by atoms with Crippen LogP contribution >= 0.6 is 11.3 Å². The van der Waals surface area contributed by atoms with Gasteiger partial charge in [-0.2, -0.15) is 0 Å². The Kier molecular flexibility index (Phi) is 3.79. The van der Waals surface area contributed by atoms with Gasteiger partial charge >= 0.3 is 0 Å². The third-order valence-electron chi connectivity index (χ3n) is 3.74. The molecular weight excluding hydrogens is 284 g/mol. The van der Waals surface area contributed by atoms with E-state index in [0.29, 0.717) is 18.8 Å². The van der Waals surface area contributed by atoms with Crippen molar-refractivity contribution in [2.45, 2.75) is 6.92 Å². The van der Waals surface area contributed by atoms with Gasteiger partial charge in [-0.3, -0.25) is 4.79 Å². The van der Waals surface area contributed by atoms with Gasteiger partial charge in [0.05, 0.1) is 10.6 Å². The quantitative estimate of drug-likeness (QED) is 0.921. The molecule has 0 aromatic carbocycles. The van der Waals surface area contributed by atoms with Gasteiger partial charge in [0.25, 0.3) is 5.91 Å². The maximum Gasteiger partial charge on any atom is 0.264 e. The molecule has 1 aliphatic rings. The first kappa shape index (κ1) is 13.9. The minimum Gasteiger partial charge on any atom is -0.396 e. The highest BCUT2D eigenvalue weighted by molar-refractivity contribution is 7.12. The van der Waals surface area contributed by atoms with Crippen LogP contribution in [0.5, 0.6) is 0 Å². The van der Waals surface area contributed by atoms with Crippen LogP contribution in [0.4, 0.5) is 11.5 Å². The van der Waals surface area contributed by atoms with Crippen LogP contribution in [0.2, 0.25) is 0 Å². The summed E-state index contributed by atoms with van der Waals surface area (Å²) in [5.74, 6) is 0.952. The first-order chi connectivity index (χ1) is 10.2. The molecule has 110 valence electrons. The van der Waals surface area contributed by atoms with Crippen molar-refractivity contribution in [2.75, 3.05) is 36.8 Å². The molecule has 1 aliphatic heterocycles. The molecule has 1 saturated heterocycles. The predicted molar refractivity (Wildman–Crippen MR) is 85.8 cm³/mol. The molecule has 5 nitrogen and oxygen atoms in total. The van der Waals surface area contributed by atoms with E-state index in [0.717, 1.165) is 29.3 Å². The molecule has 2 aromatic heterocycles. The van der Waals surface area contributed by atoms with Crippen molar-refractivity contribution < 1.29 is 4.79 Å². The second kappa shape index (κ2) is 5.73. The number of aromatic nitrogens is 1. The summed E-state index contributed by atoms with van der Waals surface area (Å²) < 4.78 is 0. The van der Waals surface area contributed by atoms with Gasteiger partial charge in [-0.15, -0.1) is 11.3 Å². The van der Waals surface area contributed by atoms with Crippen LogP contribution in [0.15, 0.2) is 29.8 Å². The molecule has 6 heteroatoms. The lowest BCUT2D eigenvalue weighted by Crippen LogP contribution is -2.49. The molecule has 0 unspecified atom stereocenters. The average molecular weight is 302 g/mol. The lowest BCUT2D eigenvalue weighted by atomic mass is 10.2. The topological polar surface area (TPSA) is 62.5 Å². The lowest BCUT2D eigenvalue weighted by Gasteiger charge is -2.35. The van der Waals surface area contributed by atoms with E-state index in [4.69, 9.17) is 5.73 Å². The lowest BCUT2D eigenvalue weighted by molar-refractivity contribution is 0.0751. The fourth-order valence-corrected chi connectivity index (χ4v) is 3.42. The maximum absolute atomic E-state index is 12.5. The predicted octanol–water partition coefficient (Wildman–Crippen LogP) is 2.00. The molecule has 0 bridgehead atoms. The highest BCUT2D eigenvalue weighted by Gasteiger charge is 2.25. The average Bonchev–Trinajstić information content (AvgIpc) is 2.93. The Labute approximate surface area is 128 Å². The number of piperazine rings is 1. The number of pyridine rings is 1. The molecule has 2 N–H and O–H groups in total. The maximum atomic E-state index is 12.5. The highest BCUT2D eigenvalue weighted by atomic mass is 32.1. The summed E-state index contributed by atoms with van der Waals surface area (Å²) in [5.41, 5.74) is 7.70. The summed E-state index contributed by atoms with van der Waals surface area (Å²) >= 11 is 1.51. The number of rotatable bonds is 2. The summed E-state index contributed by atoms with van der Waals surface area (Å²) in [6.45, 7) is 4.90. The molecule has 21 heavy (non-hydrogen) atoms. The van der Waals surface area contributed by atoms with Crippen molar-refractivity contribution in [1.82, 2.24) is 9.88 Å². The largest absolute Gasteiger partial charge is 0.396 e. The van der Waals surface area contributed by atoms with Gasteiger partial charge in [0.15, 0.2) is 5.82 Å². The molecule has 0 aliphatic carbocycles. The summed E-state index contributed by atoms with van der Waals surface area (Å²) in [4.78, 5) is 21.7. The number of carbonyl (C=O) groups excluding carboxylic acids is 1. The number of hydrogen-bond donors (Lipinski definition) is 1. The van der Waals surface area contributed by atoms with Crippen LogP contribution in [0.1, 0.15) is 15.2 Å². The third-order valence-corrected chi connectivity index (χ3v) is 4.74. The van der Waals surface area contributed by atoms with E-state index in [-0.39, 0.29) is 5.91 Å². The molecule has 3 heterocycles. The van der Waals surface area contributed by atoms with Gasteiger partial charge in [-0.05, 0) is 36.1 Å². The van der Waals surface area contributed by atoms with Gasteiger partial charge in [0.1, 0.15) is 0 Å². The van der Waals surface area contributed by atoms with E-state index >= 15 is 0 Å².